The molecule has 0 fully saturated rings. The number of para-hydroxylation sites is 2. The molecule has 9 heteroatoms. The molecule has 3 N–H and O–H groups in total. The number of nitrogens with zero attached hydrogens (tertiary/aromatic N) is 3. The van der Waals surface area contributed by atoms with Crippen LogP contribution in [0.2, 0.25) is 0 Å². The number of methoxy groups -OCH3 is 1. The van der Waals surface area contributed by atoms with E-state index in [0.717, 1.165) is 10.6 Å². The number of benzene rings is 1. The van der Waals surface area contributed by atoms with Crippen molar-refractivity contribution in [2.75, 3.05) is 44.9 Å². The van der Waals surface area contributed by atoms with Gasteiger partial charge in [-0.1, -0.05) is 12.1 Å². The Hall–Kier alpha value is -2.65. The van der Waals surface area contributed by atoms with Gasteiger partial charge in [-0.3, -0.25) is 4.79 Å². The Labute approximate surface area is 161 Å². The second kappa shape index (κ2) is 8.36. The lowest BCUT2D eigenvalue weighted by atomic mass is 10.2. The number of carbonyl (C=O) groups is 2. The van der Waals surface area contributed by atoms with Crippen LogP contribution in [-0.4, -0.2) is 60.6 Å². The number of nitrogen functional groups attached to an aromatic ring is 1. The molecule has 27 heavy (non-hydrogen) atoms. The topological polar surface area (TPSA) is 101 Å². The number of ether oxygens (including phenoxy) is 1. The van der Waals surface area contributed by atoms with E-state index in [4.69, 9.17) is 10.5 Å². The zero-order valence-electron chi connectivity index (χ0n) is 15.4. The van der Waals surface area contributed by atoms with Crippen molar-refractivity contribution in [1.29, 1.82) is 0 Å². The van der Waals surface area contributed by atoms with Gasteiger partial charge in [0.2, 0.25) is 0 Å². The Kier molecular flexibility index (Phi) is 5.92. The third-order valence-corrected chi connectivity index (χ3v) is 5.44. The van der Waals surface area contributed by atoms with Gasteiger partial charge < -0.3 is 25.6 Å². The van der Waals surface area contributed by atoms with Crippen molar-refractivity contribution in [3.05, 3.63) is 39.8 Å². The zero-order valence-corrected chi connectivity index (χ0v) is 16.2. The van der Waals surface area contributed by atoms with E-state index >= 15 is 0 Å². The highest BCUT2D eigenvalue weighted by Crippen LogP contribution is 2.27. The molecule has 0 radical (unpaired) electrons. The van der Waals surface area contributed by atoms with Gasteiger partial charge >= 0.3 is 6.03 Å². The number of nitrogens with one attached hydrogen (secondary N) is 1. The van der Waals surface area contributed by atoms with Crippen molar-refractivity contribution in [2.45, 2.75) is 13.0 Å². The average molecular weight is 389 g/mol. The highest BCUT2D eigenvalue weighted by Gasteiger charge is 2.27. The molecule has 144 valence electrons. The van der Waals surface area contributed by atoms with Gasteiger partial charge in [0.1, 0.15) is 0 Å². The van der Waals surface area contributed by atoms with E-state index in [-0.39, 0.29) is 11.9 Å². The van der Waals surface area contributed by atoms with Gasteiger partial charge in [0.15, 0.2) is 5.01 Å². The van der Waals surface area contributed by atoms with Crippen molar-refractivity contribution >= 4 is 34.6 Å². The van der Waals surface area contributed by atoms with Crippen molar-refractivity contribution in [1.82, 2.24) is 14.8 Å². The van der Waals surface area contributed by atoms with Crippen molar-refractivity contribution in [3.63, 3.8) is 0 Å². The van der Waals surface area contributed by atoms with Crippen LogP contribution in [0.15, 0.2) is 24.3 Å². The van der Waals surface area contributed by atoms with Crippen LogP contribution in [0.4, 0.5) is 16.2 Å². The Morgan fingerprint density at radius 2 is 2.19 bits per heavy atom. The monoisotopic (exact) mass is 389 g/mol. The predicted molar refractivity (Wildman–Crippen MR) is 105 cm³/mol. The van der Waals surface area contributed by atoms with Gasteiger partial charge in [0.25, 0.3) is 5.91 Å². The summed E-state index contributed by atoms with van der Waals surface area (Å²) in [5.41, 5.74) is 7.82. The summed E-state index contributed by atoms with van der Waals surface area (Å²) in [6.07, 6.45) is 0.635. The smallest absolute Gasteiger partial charge is 0.320 e. The summed E-state index contributed by atoms with van der Waals surface area (Å²) >= 11 is 1.32. The maximum Gasteiger partial charge on any atom is 0.320 e. The fraction of sp³-hybridized carbons (Fsp3) is 0.389. The SMILES string of the molecule is COCCN(C)C(=O)N1CCc2nc(C(=O)Nc3ccccc3N)sc2C1. The minimum atomic E-state index is -0.289. The standard InChI is InChI=1S/C18H23N5O3S/c1-22(9-10-26-2)18(25)23-8-7-14-15(11-23)27-17(21-14)16(24)20-13-6-4-3-5-12(13)19/h3-6H,7-11,19H2,1-2H3,(H,20,24). The fourth-order valence-electron chi connectivity index (χ4n) is 2.81. The molecule has 1 aliphatic rings. The average Bonchev–Trinajstić information content (AvgIpc) is 3.10. The first-order chi connectivity index (χ1) is 13.0. The lowest BCUT2D eigenvalue weighted by molar-refractivity contribution is 0.102. The first-order valence-electron chi connectivity index (χ1n) is 8.63. The Bertz CT molecular complexity index is 838. The minimum Gasteiger partial charge on any atom is -0.397 e. The number of amides is 3. The highest BCUT2D eigenvalue weighted by atomic mass is 32.1. The second-order valence-corrected chi connectivity index (χ2v) is 7.38. The number of fused-ring (bicyclic) bond motifs is 1. The van der Waals surface area contributed by atoms with E-state index in [1.54, 1.807) is 36.1 Å². The van der Waals surface area contributed by atoms with Gasteiger partial charge in [-0.05, 0) is 12.1 Å². The second-order valence-electron chi connectivity index (χ2n) is 6.30. The van der Waals surface area contributed by atoms with Crippen LogP contribution in [0.1, 0.15) is 20.4 Å². The van der Waals surface area contributed by atoms with E-state index in [2.05, 4.69) is 10.3 Å². The molecule has 3 amide bonds. The first kappa shape index (κ1) is 19.1. The fourth-order valence-corrected chi connectivity index (χ4v) is 3.83. The third kappa shape index (κ3) is 4.37. The summed E-state index contributed by atoms with van der Waals surface area (Å²) in [4.78, 5) is 33.8. The number of hydrogen-bond acceptors (Lipinski definition) is 6. The largest absolute Gasteiger partial charge is 0.397 e. The van der Waals surface area contributed by atoms with E-state index in [1.165, 1.54) is 11.3 Å². The molecule has 3 rings (SSSR count). The summed E-state index contributed by atoms with van der Waals surface area (Å²) in [7, 11) is 3.37. The summed E-state index contributed by atoms with van der Waals surface area (Å²) in [6, 6.07) is 7.04. The van der Waals surface area contributed by atoms with E-state index < -0.39 is 0 Å². The minimum absolute atomic E-state index is 0.0471. The molecule has 0 unspecified atom stereocenters. The number of anilines is 2. The van der Waals surface area contributed by atoms with Crippen LogP contribution in [0.3, 0.4) is 0 Å². The Balaban J connectivity index is 1.67. The lowest BCUT2D eigenvalue weighted by Gasteiger charge is -2.30. The van der Waals surface area contributed by atoms with Crippen molar-refractivity contribution in [2.24, 2.45) is 0 Å². The molecule has 2 heterocycles. The number of aromatic nitrogens is 1. The van der Waals surface area contributed by atoms with Gasteiger partial charge in [-0.25, -0.2) is 9.78 Å². The quantitative estimate of drug-likeness (QED) is 0.762. The first-order valence-corrected chi connectivity index (χ1v) is 9.44. The molecular weight excluding hydrogens is 366 g/mol. The zero-order chi connectivity index (χ0) is 19.4. The molecule has 0 spiro atoms. The lowest BCUT2D eigenvalue weighted by Crippen LogP contribution is -2.44. The van der Waals surface area contributed by atoms with Gasteiger partial charge in [0.05, 0.1) is 30.2 Å². The number of likely N-dealkylation sites (N-methyl/N-ethyl adjacent to an activating group) is 1. The molecule has 0 aliphatic carbocycles. The molecule has 1 aliphatic heterocycles. The number of nitrogens with two attached hydrogens (primary N) is 1. The maximum absolute atomic E-state index is 12.5. The van der Waals surface area contributed by atoms with Gasteiger partial charge in [-0.15, -0.1) is 11.3 Å². The number of thiazole rings is 1. The van der Waals surface area contributed by atoms with E-state index in [9.17, 15) is 9.59 Å². The van der Waals surface area contributed by atoms with Crippen LogP contribution < -0.4 is 11.1 Å². The molecule has 0 saturated heterocycles. The normalized spacial score (nSPS) is 13.2. The van der Waals surface area contributed by atoms with E-state index in [1.807, 2.05) is 12.1 Å². The number of hydrogen-bond donors (Lipinski definition) is 2. The van der Waals surface area contributed by atoms with Crippen LogP contribution in [-0.2, 0) is 17.7 Å². The predicted octanol–water partition coefficient (Wildman–Crippen LogP) is 2.03. The maximum atomic E-state index is 12.5. The number of carbonyl (C=O) groups excluding carboxylic acids is 2. The molecule has 2 aromatic rings. The van der Waals surface area contributed by atoms with Crippen LogP contribution in [0.5, 0.6) is 0 Å². The van der Waals surface area contributed by atoms with E-state index in [0.29, 0.717) is 49.0 Å². The summed E-state index contributed by atoms with van der Waals surface area (Å²) in [5.74, 6) is -0.289. The molecular formula is C18H23N5O3S. The van der Waals surface area contributed by atoms with Crippen LogP contribution in [0, 0.1) is 0 Å². The molecule has 0 atom stereocenters. The molecule has 8 nitrogen and oxygen atoms in total. The summed E-state index contributed by atoms with van der Waals surface area (Å²) < 4.78 is 5.02. The molecule has 1 aromatic carbocycles. The number of rotatable bonds is 5. The van der Waals surface area contributed by atoms with Crippen LogP contribution >= 0.6 is 11.3 Å². The van der Waals surface area contributed by atoms with Crippen molar-refractivity contribution < 1.29 is 14.3 Å². The number of urea groups is 1. The van der Waals surface area contributed by atoms with Crippen molar-refractivity contribution in [3.8, 4) is 0 Å². The molecule has 1 aromatic heterocycles. The van der Waals surface area contributed by atoms with Gasteiger partial charge in [0, 0.05) is 38.5 Å². The van der Waals surface area contributed by atoms with Gasteiger partial charge in [-0.2, -0.15) is 0 Å². The van der Waals surface area contributed by atoms with Crippen LogP contribution in [0.25, 0.3) is 0 Å². The molecule has 0 bridgehead atoms. The Morgan fingerprint density at radius 1 is 1.41 bits per heavy atom. The Morgan fingerprint density at radius 3 is 2.93 bits per heavy atom. The summed E-state index contributed by atoms with van der Waals surface area (Å²) in [5, 5.41) is 3.17. The third-order valence-electron chi connectivity index (χ3n) is 4.36. The molecule has 0 saturated carbocycles. The highest BCUT2D eigenvalue weighted by molar-refractivity contribution is 7.13. The summed E-state index contributed by atoms with van der Waals surface area (Å²) in [6.45, 7) is 2.08.